The fraction of sp³-hybridized carbons (Fsp3) is 0.647. The molecule has 3 rings (SSSR count). The zero-order valence-electron chi connectivity index (χ0n) is 12.8. The molecule has 0 radical (unpaired) electrons. The summed E-state index contributed by atoms with van der Waals surface area (Å²) in [5, 5.41) is 0. The fourth-order valence-corrected chi connectivity index (χ4v) is 3.90. The van der Waals surface area contributed by atoms with Gasteiger partial charge >= 0.3 is 0 Å². The van der Waals surface area contributed by atoms with Crippen LogP contribution in [0, 0.1) is 11.8 Å². The highest BCUT2D eigenvalue weighted by atomic mass is 35.5. The van der Waals surface area contributed by atoms with Gasteiger partial charge in [0.15, 0.2) is 0 Å². The van der Waals surface area contributed by atoms with Crippen LogP contribution in [-0.4, -0.2) is 30.6 Å². The number of likely N-dealkylation sites (tertiary alicyclic amines) is 1. The first kappa shape index (κ1) is 16.6. The number of halogens is 1. The van der Waals surface area contributed by atoms with Crippen molar-refractivity contribution in [2.24, 2.45) is 17.6 Å². The van der Waals surface area contributed by atoms with Gasteiger partial charge in [-0.15, -0.1) is 12.4 Å². The molecule has 1 aliphatic heterocycles. The molecule has 3 nitrogen and oxygen atoms in total. The van der Waals surface area contributed by atoms with E-state index in [9.17, 15) is 0 Å². The SMILES string of the molecule is CCOc1cccc(CN2CC3CCCC(N)C3C2)c1.Cl. The molecule has 2 N–H and O–H groups in total. The summed E-state index contributed by atoms with van der Waals surface area (Å²) in [6.07, 6.45) is 3.90. The lowest BCUT2D eigenvalue weighted by atomic mass is 9.78. The smallest absolute Gasteiger partial charge is 0.119 e. The van der Waals surface area contributed by atoms with Crippen LogP contribution in [0.15, 0.2) is 24.3 Å². The molecule has 0 spiro atoms. The molecule has 1 saturated heterocycles. The molecule has 21 heavy (non-hydrogen) atoms. The van der Waals surface area contributed by atoms with Crippen LogP contribution in [0.3, 0.4) is 0 Å². The number of benzene rings is 1. The van der Waals surface area contributed by atoms with Gasteiger partial charge in [0.25, 0.3) is 0 Å². The van der Waals surface area contributed by atoms with Crippen molar-refractivity contribution in [3.63, 3.8) is 0 Å². The van der Waals surface area contributed by atoms with Crippen LogP contribution in [0.25, 0.3) is 0 Å². The highest BCUT2D eigenvalue weighted by molar-refractivity contribution is 5.85. The van der Waals surface area contributed by atoms with Crippen molar-refractivity contribution in [1.29, 1.82) is 0 Å². The predicted octanol–water partition coefficient (Wildman–Crippen LogP) is 3.07. The average Bonchev–Trinajstić information content (AvgIpc) is 2.83. The summed E-state index contributed by atoms with van der Waals surface area (Å²) < 4.78 is 5.58. The third-order valence-corrected chi connectivity index (χ3v) is 4.85. The van der Waals surface area contributed by atoms with Gasteiger partial charge in [-0.2, -0.15) is 0 Å². The quantitative estimate of drug-likeness (QED) is 0.929. The van der Waals surface area contributed by atoms with Gasteiger partial charge < -0.3 is 10.5 Å². The molecular weight excluding hydrogens is 284 g/mol. The van der Waals surface area contributed by atoms with E-state index < -0.39 is 0 Å². The Kier molecular flexibility index (Phi) is 5.91. The fourth-order valence-electron chi connectivity index (χ4n) is 3.90. The summed E-state index contributed by atoms with van der Waals surface area (Å²) in [6, 6.07) is 8.92. The van der Waals surface area contributed by atoms with Crippen LogP contribution < -0.4 is 10.5 Å². The summed E-state index contributed by atoms with van der Waals surface area (Å²) in [5.74, 6) is 2.53. The van der Waals surface area contributed by atoms with Gasteiger partial charge in [-0.25, -0.2) is 0 Å². The number of hydrogen-bond acceptors (Lipinski definition) is 3. The van der Waals surface area contributed by atoms with E-state index in [1.807, 2.05) is 13.0 Å². The molecule has 0 aromatic heterocycles. The Bertz CT molecular complexity index is 454. The number of fused-ring (bicyclic) bond motifs is 1. The molecule has 2 fully saturated rings. The molecule has 3 unspecified atom stereocenters. The normalized spacial score (nSPS) is 28.8. The van der Waals surface area contributed by atoms with Crippen LogP contribution in [0.5, 0.6) is 5.75 Å². The third-order valence-electron chi connectivity index (χ3n) is 4.85. The maximum absolute atomic E-state index is 6.29. The monoisotopic (exact) mass is 310 g/mol. The number of ether oxygens (including phenoxy) is 1. The largest absolute Gasteiger partial charge is 0.494 e. The van der Waals surface area contributed by atoms with Gasteiger partial charge in [0, 0.05) is 25.7 Å². The van der Waals surface area contributed by atoms with Gasteiger partial charge in [-0.1, -0.05) is 18.6 Å². The van der Waals surface area contributed by atoms with Crippen molar-refractivity contribution in [2.75, 3.05) is 19.7 Å². The molecule has 1 heterocycles. The summed E-state index contributed by atoms with van der Waals surface area (Å²) in [4.78, 5) is 2.57. The zero-order chi connectivity index (χ0) is 13.9. The van der Waals surface area contributed by atoms with Crippen LogP contribution in [0.4, 0.5) is 0 Å². The zero-order valence-corrected chi connectivity index (χ0v) is 13.6. The summed E-state index contributed by atoms with van der Waals surface area (Å²) >= 11 is 0. The minimum Gasteiger partial charge on any atom is -0.494 e. The van der Waals surface area contributed by atoms with Crippen molar-refractivity contribution < 1.29 is 4.74 Å². The van der Waals surface area contributed by atoms with Gasteiger partial charge in [-0.3, -0.25) is 4.90 Å². The van der Waals surface area contributed by atoms with Gasteiger partial charge in [-0.05, 0) is 49.3 Å². The average molecular weight is 311 g/mol. The molecule has 118 valence electrons. The van der Waals surface area contributed by atoms with E-state index in [0.29, 0.717) is 6.04 Å². The standard InChI is InChI=1S/C17H26N2O.ClH/c1-2-20-15-7-3-5-13(9-15)10-19-11-14-6-4-8-17(18)16(14)12-19;/h3,5,7,9,14,16-17H,2,4,6,8,10-12,18H2,1H3;1H. The number of rotatable bonds is 4. The van der Waals surface area contributed by atoms with E-state index in [4.69, 9.17) is 10.5 Å². The van der Waals surface area contributed by atoms with Crippen molar-refractivity contribution >= 4 is 12.4 Å². The Morgan fingerprint density at radius 3 is 2.90 bits per heavy atom. The Hall–Kier alpha value is -0.770. The Balaban J connectivity index is 0.00000161. The molecule has 0 bridgehead atoms. The summed E-state index contributed by atoms with van der Waals surface area (Å²) in [5.41, 5.74) is 7.64. The van der Waals surface area contributed by atoms with Crippen LogP contribution in [0.2, 0.25) is 0 Å². The first-order chi connectivity index (χ1) is 9.76. The van der Waals surface area contributed by atoms with Crippen LogP contribution in [-0.2, 0) is 6.54 Å². The number of nitrogens with zero attached hydrogens (tertiary/aromatic N) is 1. The predicted molar refractivity (Wildman–Crippen MR) is 88.9 cm³/mol. The van der Waals surface area contributed by atoms with Crippen molar-refractivity contribution in [3.05, 3.63) is 29.8 Å². The van der Waals surface area contributed by atoms with Gasteiger partial charge in [0.1, 0.15) is 5.75 Å². The maximum atomic E-state index is 6.29. The van der Waals surface area contributed by atoms with E-state index in [1.54, 1.807) is 0 Å². The second-order valence-corrected chi connectivity index (χ2v) is 6.29. The summed E-state index contributed by atoms with van der Waals surface area (Å²) in [7, 11) is 0. The molecule has 0 amide bonds. The molecule has 4 heteroatoms. The van der Waals surface area contributed by atoms with E-state index in [-0.39, 0.29) is 12.4 Å². The maximum Gasteiger partial charge on any atom is 0.119 e. The van der Waals surface area contributed by atoms with Gasteiger partial charge in [0.2, 0.25) is 0 Å². The first-order valence-corrected chi connectivity index (χ1v) is 7.96. The Morgan fingerprint density at radius 2 is 2.14 bits per heavy atom. The second-order valence-electron chi connectivity index (χ2n) is 6.29. The minimum atomic E-state index is 0. The van der Waals surface area contributed by atoms with Crippen molar-refractivity contribution in [3.8, 4) is 5.75 Å². The topological polar surface area (TPSA) is 38.5 Å². The van der Waals surface area contributed by atoms with E-state index in [2.05, 4.69) is 23.1 Å². The molecule has 1 aromatic rings. The van der Waals surface area contributed by atoms with E-state index in [1.165, 1.54) is 37.9 Å². The third kappa shape index (κ3) is 3.91. The Morgan fingerprint density at radius 1 is 1.29 bits per heavy atom. The van der Waals surface area contributed by atoms with E-state index >= 15 is 0 Å². The Labute approximate surface area is 134 Å². The lowest BCUT2D eigenvalue weighted by molar-refractivity contribution is 0.259. The molecular formula is C17H27ClN2O. The minimum absolute atomic E-state index is 0. The first-order valence-electron chi connectivity index (χ1n) is 7.96. The van der Waals surface area contributed by atoms with E-state index in [0.717, 1.165) is 30.7 Å². The van der Waals surface area contributed by atoms with Crippen molar-refractivity contribution in [2.45, 2.75) is 38.8 Å². The molecule has 1 saturated carbocycles. The lowest BCUT2D eigenvalue weighted by Crippen LogP contribution is -2.38. The van der Waals surface area contributed by atoms with Crippen LogP contribution >= 0.6 is 12.4 Å². The van der Waals surface area contributed by atoms with Crippen LogP contribution in [0.1, 0.15) is 31.7 Å². The molecule has 1 aromatic carbocycles. The highest BCUT2D eigenvalue weighted by Crippen LogP contribution is 2.36. The van der Waals surface area contributed by atoms with Gasteiger partial charge in [0.05, 0.1) is 6.61 Å². The molecule has 3 atom stereocenters. The van der Waals surface area contributed by atoms with Crippen molar-refractivity contribution in [1.82, 2.24) is 4.90 Å². The highest BCUT2D eigenvalue weighted by Gasteiger charge is 2.38. The second kappa shape index (κ2) is 7.48. The number of nitrogens with two attached hydrogens (primary N) is 1. The molecule has 1 aliphatic carbocycles. The lowest BCUT2D eigenvalue weighted by Gasteiger charge is -2.29. The summed E-state index contributed by atoms with van der Waals surface area (Å²) in [6.45, 7) is 6.17. The number of hydrogen-bond donors (Lipinski definition) is 1. The molecule has 2 aliphatic rings.